The second kappa shape index (κ2) is 13.0. The minimum absolute atomic E-state index is 0.391. The largest absolute Gasteiger partial charge is 0.466 e. The summed E-state index contributed by atoms with van der Waals surface area (Å²) in [6.45, 7) is 8.83. The van der Waals surface area contributed by atoms with Gasteiger partial charge in [-0.2, -0.15) is 0 Å². The zero-order valence-corrected chi connectivity index (χ0v) is 20.8. The third-order valence-corrected chi connectivity index (χ3v) is 5.22. The van der Waals surface area contributed by atoms with Gasteiger partial charge in [-0.3, -0.25) is 0 Å². The second-order valence-electron chi connectivity index (χ2n) is 9.23. The zero-order valence-electron chi connectivity index (χ0n) is 20.8. The van der Waals surface area contributed by atoms with Gasteiger partial charge in [-0.25, -0.2) is 14.6 Å². The molecule has 1 N–H and O–H groups in total. The van der Waals surface area contributed by atoms with Gasteiger partial charge >= 0.3 is 12.1 Å². The van der Waals surface area contributed by atoms with E-state index in [9.17, 15) is 9.59 Å². The van der Waals surface area contributed by atoms with E-state index in [-0.39, 0.29) is 0 Å². The lowest BCUT2D eigenvalue weighted by Crippen LogP contribution is -2.34. The topological polar surface area (TPSA) is 82.5 Å². The molecule has 1 amide bonds. The Bertz CT molecular complexity index is 941. The average molecular weight is 458 g/mol. The number of carbonyl (C=O) groups is 2. The Labute approximate surface area is 197 Å². The molecule has 1 aromatic carbocycles. The lowest BCUT2D eigenvalue weighted by molar-refractivity contribution is -0.134. The van der Waals surface area contributed by atoms with Crippen LogP contribution in [0.15, 0.2) is 24.3 Å². The Morgan fingerprint density at radius 3 is 2.55 bits per heavy atom. The van der Waals surface area contributed by atoms with Crippen molar-refractivity contribution in [3.05, 3.63) is 35.7 Å². The lowest BCUT2D eigenvalue weighted by atomic mass is 10.1. The number of hydrogen-bond acceptors (Lipinski definition) is 5. The lowest BCUT2D eigenvalue weighted by Gasteiger charge is -2.20. The second-order valence-corrected chi connectivity index (χ2v) is 9.23. The molecule has 2 aromatic rings. The van der Waals surface area contributed by atoms with Crippen molar-refractivity contribution in [3.63, 3.8) is 0 Å². The fourth-order valence-electron chi connectivity index (χ4n) is 3.62. The molecule has 1 aromatic heterocycles. The molecule has 1 heterocycles. The summed E-state index contributed by atoms with van der Waals surface area (Å²) in [6, 6.07) is 5.94. The molecule has 0 atom stereocenters. The Hall–Kier alpha value is -2.83. The molecule has 0 aliphatic carbocycles. The van der Waals surface area contributed by atoms with Crippen molar-refractivity contribution in [2.45, 2.75) is 84.8 Å². The Balaban J connectivity index is 2.13. The molecular weight excluding hydrogens is 418 g/mol. The molecule has 2 rings (SSSR count). The van der Waals surface area contributed by atoms with Crippen molar-refractivity contribution in [1.82, 2.24) is 14.9 Å². The maximum atomic E-state index is 12.0. The van der Waals surface area contributed by atoms with Crippen molar-refractivity contribution >= 4 is 29.2 Å². The molecule has 182 valence electrons. The summed E-state index contributed by atoms with van der Waals surface area (Å²) < 4.78 is 12.2. The van der Waals surface area contributed by atoms with Crippen molar-refractivity contribution in [1.29, 1.82) is 0 Å². The number of amides is 1. The summed E-state index contributed by atoms with van der Waals surface area (Å²) in [7, 11) is 1.36. The van der Waals surface area contributed by atoms with E-state index >= 15 is 0 Å². The van der Waals surface area contributed by atoms with E-state index in [2.05, 4.69) is 21.5 Å². The van der Waals surface area contributed by atoms with Gasteiger partial charge in [-0.1, -0.05) is 45.1 Å². The predicted octanol–water partition coefficient (Wildman–Crippen LogP) is 5.65. The van der Waals surface area contributed by atoms with Gasteiger partial charge in [0.25, 0.3) is 0 Å². The van der Waals surface area contributed by atoms with Gasteiger partial charge in [0.2, 0.25) is 0 Å². The molecule has 0 spiro atoms. The summed E-state index contributed by atoms with van der Waals surface area (Å²) in [5.74, 6) is 0.623. The molecule has 0 saturated carbocycles. The number of methoxy groups -OCH3 is 1. The zero-order chi connectivity index (χ0) is 24.3. The van der Waals surface area contributed by atoms with Gasteiger partial charge in [0.05, 0.1) is 18.1 Å². The fraction of sp³-hybridized carbons (Fsp3) is 0.577. The Morgan fingerprint density at radius 1 is 1.12 bits per heavy atom. The smallest absolute Gasteiger partial charge is 0.407 e. The normalized spacial score (nSPS) is 11.8. The van der Waals surface area contributed by atoms with E-state index in [1.807, 2.05) is 39.0 Å². The van der Waals surface area contributed by atoms with Crippen LogP contribution in [0.25, 0.3) is 17.1 Å². The highest BCUT2D eigenvalue weighted by Crippen LogP contribution is 2.21. The summed E-state index contributed by atoms with van der Waals surface area (Å²) >= 11 is 0. The molecule has 0 aliphatic rings. The van der Waals surface area contributed by atoms with E-state index in [0.717, 1.165) is 35.3 Å². The summed E-state index contributed by atoms with van der Waals surface area (Å²) in [6.07, 6.45) is 10.9. The third kappa shape index (κ3) is 9.28. The van der Waals surface area contributed by atoms with Crippen LogP contribution in [0.2, 0.25) is 0 Å². The third-order valence-electron chi connectivity index (χ3n) is 5.22. The predicted molar refractivity (Wildman–Crippen MR) is 132 cm³/mol. The minimum atomic E-state index is -0.525. The van der Waals surface area contributed by atoms with E-state index < -0.39 is 17.7 Å². The molecule has 0 aliphatic heterocycles. The molecule has 0 unspecified atom stereocenters. The molecular formula is C26H39N3O4. The molecule has 0 fully saturated rings. The number of alkyl carbamates (subject to hydrolysis) is 1. The number of fused-ring (bicyclic) bond motifs is 1. The summed E-state index contributed by atoms with van der Waals surface area (Å²) in [4.78, 5) is 28.3. The summed E-state index contributed by atoms with van der Waals surface area (Å²) in [5.41, 5.74) is 2.25. The van der Waals surface area contributed by atoms with E-state index in [0.29, 0.717) is 13.1 Å². The number of esters is 1. The fourth-order valence-corrected chi connectivity index (χ4v) is 3.62. The molecule has 7 heteroatoms. The average Bonchev–Trinajstić information content (AvgIpc) is 3.09. The number of aryl methyl sites for hydroxylation is 1. The van der Waals surface area contributed by atoms with E-state index in [1.165, 1.54) is 45.3 Å². The highest BCUT2D eigenvalue weighted by molar-refractivity contribution is 5.88. The Kier molecular flexibility index (Phi) is 10.4. The number of unbranched alkanes of at least 4 members (excludes halogenated alkanes) is 5. The van der Waals surface area contributed by atoms with Crippen molar-refractivity contribution in [2.75, 3.05) is 13.7 Å². The maximum Gasteiger partial charge on any atom is 0.407 e. The van der Waals surface area contributed by atoms with Crippen LogP contribution >= 0.6 is 0 Å². The Morgan fingerprint density at radius 2 is 1.85 bits per heavy atom. The molecule has 0 saturated heterocycles. The number of carbonyl (C=O) groups excluding carboxylic acids is 2. The van der Waals surface area contributed by atoms with E-state index in [4.69, 9.17) is 9.72 Å². The van der Waals surface area contributed by atoms with Crippen LogP contribution in [-0.2, 0) is 27.2 Å². The monoisotopic (exact) mass is 457 g/mol. The number of hydrogen-bond donors (Lipinski definition) is 1. The number of aromatic nitrogens is 2. The van der Waals surface area contributed by atoms with Gasteiger partial charge in [0.1, 0.15) is 11.4 Å². The van der Waals surface area contributed by atoms with Gasteiger partial charge in [0, 0.05) is 25.6 Å². The number of benzene rings is 1. The van der Waals surface area contributed by atoms with Crippen LogP contribution in [0.5, 0.6) is 0 Å². The van der Waals surface area contributed by atoms with Crippen LogP contribution in [0, 0.1) is 0 Å². The van der Waals surface area contributed by atoms with Crippen LogP contribution in [0.4, 0.5) is 4.79 Å². The van der Waals surface area contributed by atoms with Crippen molar-refractivity contribution in [3.8, 4) is 0 Å². The van der Waals surface area contributed by atoms with Gasteiger partial charge in [-0.15, -0.1) is 0 Å². The van der Waals surface area contributed by atoms with Crippen LogP contribution in [-0.4, -0.2) is 40.9 Å². The number of imidazole rings is 1. The standard InChI is InChI=1S/C26H39N3O4/c1-6-7-8-9-10-11-12-23-28-21-19-20(14-16-24(30)32-5)13-15-22(21)29(23)18-17-27-25(31)33-26(2,3)4/h13-16,19H,6-12,17-18H2,1-5H3,(H,27,31)/b16-14+. The van der Waals surface area contributed by atoms with Gasteiger partial charge < -0.3 is 19.4 Å². The molecule has 7 nitrogen and oxygen atoms in total. The van der Waals surface area contributed by atoms with Crippen LogP contribution < -0.4 is 5.32 Å². The molecule has 0 bridgehead atoms. The van der Waals surface area contributed by atoms with Crippen LogP contribution in [0.1, 0.15) is 77.6 Å². The van der Waals surface area contributed by atoms with E-state index in [1.54, 1.807) is 6.08 Å². The molecule has 33 heavy (non-hydrogen) atoms. The van der Waals surface area contributed by atoms with Crippen molar-refractivity contribution in [2.24, 2.45) is 0 Å². The SMILES string of the molecule is CCCCCCCCc1nc2cc(/C=C/C(=O)OC)ccc2n1CCNC(=O)OC(C)(C)C. The van der Waals surface area contributed by atoms with Crippen molar-refractivity contribution < 1.29 is 19.1 Å². The quantitative estimate of drug-likeness (QED) is 0.253. The van der Waals surface area contributed by atoms with Crippen LogP contribution in [0.3, 0.4) is 0 Å². The first-order valence-electron chi connectivity index (χ1n) is 12.0. The number of ether oxygens (including phenoxy) is 2. The first-order chi connectivity index (χ1) is 15.7. The first kappa shape index (κ1) is 26.4. The number of nitrogens with one attached hydrogen (secondary N) is 1. The van der Waals surface area contributed by atoms with Gasteiger partial charge in [0.15, 0.2) is 0 Å². The molecule has 0 radical (unpaired) electrons. The van der Waals surface area contributed by atoms with Gasteiger partial charge in [-0.05, 0) is 51.0 Å². The number of nitrogens with zero attached hydrogens (tertiary/aromatic N) is 2. The first-order valence-corrected chi connectivity index (χ1v) is 12.0. The highest BCUT2D eigenvalue weighted by atomic mass is 16.6. The number of rotatable bonds is 12. The summed E-state index contributed by atoms with van der Waals surface area (Å²) in [5, 5.41) is 2.84. The minimum Gasteiger partial charge on any atom is -0.466 e. The highest BCUT2D eigenvalue weighted by Gasteiger charge is 2.16. The maximum absolute atomic E-state index is 12.0.